The predicted octanol–water partition coefficient (Wildman–Crippen LogP) is 3.39. The first-order chi connectivity index (χ1) is 17.2. The molecule has 0 aromatic heterocycles. The number of esters is 1. The van der Waals surface area contributed by atoms with Crippen molar-refractivity contribution in [1.29, 1.82) is 0 Å². The summed E-state index contributed by atoms with van der Waals surface area (Å²) >= 11 is 0. The number of hydrogen-bond acceptors (Lipinski definition) is 8. The zero-order valence-corrected chi connectivity index (χ0v) is 21.2. The van der Waals surface area contributed by atoms with Gasteiger partial charge in [-0.1, -0.05) is 12.1 Å². The van der Waals surface area contributed by atoms with E-state index in [1.54, 1.807) is 42.5 Å². The fourth-order valence-electron chi connectivity index (χ4n) is 4.02. The number of aliphatic hydroxyl groups is 1. The van der Waals surface area contributed by atoms with Crippen molar-refractivity contribution in [2.75, 3.05) is 40.4 Å². The molecule has 1 heterocycles. The van der Waals surface area contributed by atoms with Crippen molar-refractivity contribution in [1.82, 2.24) is 9.80 Å². The third-order valence-electron chi connectivity index (χ3n) is 5.60. The Hall–Kier alpha value is -3.85. The van der Waals surface area contributed by atoms with Crippen LogP contribution < -0.4 is 14.2 Å². The van der Waals surface area contributed by atoms with Crippen LogP contribution in [0.1, 0.15) is 37.9 Å². The van der Waals surface area contributed by atoms with Gasteiger partial charge < -0.3 is 29.1 Å². The summed E-state index contributed by atoms with van der Waals surface area (Å²) in [5, 5.41) is 11.4. The number of hydrogen-bond donors (Lipinski definition) is 1. The highest BCUT2D eigenvalue weighted by Crippen LogP contribution is 2.41. The van der Waals surface area contributed by atoms with Gasteiger partial charge in [-0.05, 0) is 57.8 Å². The second-order valence-electron chi connectivity index (χ2n) is 8.48. The molecule has 0 spiro atoms. The maximum atomic E-state index is 13.3. The Balaban J connectivity index is 2.15. The number of carbonyl (C=O) groups is 3. The lowest BCUT2D eigenvalue weighted by Gasteiger charge is -2.26. The van der Waals surface area contributed by atoms with Gasteiger partial charge in [0, 0.05) is 26.1 Å². The first-order valence-electron chi connectivity index (χ1n) is 11.8. The fraction of sp³-hybridized carbons (Fsp3) is 0.370. The van der Waals surface area contributed by atoms with Crippen LogP contribution in [-0.2, 0) is 14.4 Å². The summed E-state index contributed by atoms with van der Waals surface area (Å²) in [5.41, 5.74) is 0.839. The maximum absolute atomic E-state index is 13.3. The predicted molar refractivity (Wildman–Crippen MR) is 134 cm³/mol. The highest BCUT2D eigenvalue weighted by molar-refractivity contribution is 6.46. The average molecular weight is 497 g/mol. The summed E-state index contributed by atoms with van der Waals surface area (Å²) in [4.78, 5) is 41.0. The number of benzene rings is 2. The summed E-state index contributed by atoms with van der Waals surface area (Å²) in [7, 11) is 3.74. The van der Waals surface area contributed by atoms with Gasteiger partial charge in [-0.2, -0.15) is 0 Å². The number of likely N-dealkylation sites (N-methyl/N-ethyl adjacent to an activating group) is 1. The van der Waals surface area contributed by atoms with Gasteiger partial charge in [0.05, 0.1) is 30.4 Å². The Kier molecular flexibility index (Phi) is 8.71. The first kappa shape index (κ1) is 26.7. The van der Waals surface area contributed by atoms with Crippen LogP contribution in [0.3, 0.4) is 0 Å². The summed E-state index contributed by atoms with van der Waals surface area (Å²) in [5.74, 6) is -1.04. The van der Waals surface area contributed by atoms with Gasteiger partial charge in [0.2, 0.25) is 0 Å². The minimum absolute atomic E-state index is 0.0379. The van der Waals surface area contributed by atoms with Gasteiger partial charge in [0.15, 0.2) is 0 Å². The average Bonchev–Trinajstić information content (AvgIpc) is 3.08. The monoisotopic (exact) mass is 496 g/mol. The van der Waals surface area contributed by atoms with E-state index < -0.39 is 23.7 Å². The van der Waals surface area contributed by atoms with Crippen molar-refractivity contribution >= 4 is 23.4 Å². The zero-order chi connectivity index (χ0) is 26.4. The molecule has 1 aliphatic heterocycles. The van der Waals surface area contributed by atoms with Crippen molar-refractivity contribution < 1.29 is 33.7 Å². The lowest BCUT2D eigenvalue weighted by Crippen LogP contribution is -2.35. The van der Waals surface area contributed by atoms with Crippen LogP contribution in [0.2, 0.25) is 0 Å². The molecule has 9 heteroatoms. The lowest BCUT2D eigenvalue weighted by atomic mass is 9.95. The molecule has 1 N–H and O–H groups in total. The Morgan fingerprint density at radius 1 is 1.00 bits per heavy atom. The van der Waals surface area contributed by atoms with E-state index in [1.807, 2.05) is 32.8 Å². The molecular weight excluding hydrogens is 464 g/mol. The molecule has 0 saturated carbocycles. The summed E-state index contributed by atoms with van der Waals surface area (Å²) < 4.78 is 16.4. The number of amides is 1. The molecule has 0 aliphatic carbocycles. The number of Topliss-reactive ketones (excluding diaryl/α,β-unsaturated/α-hetero) is 1. The molecule has 36 heavy (non-hydrogen) atoms. The van der Waals surface area contributed by atoms with Gasteiger partial charge in [0.25, 0.3) is 11.7 Å². The van der Waals surface area contributed by atoms with Gasteiger partial charge in [0.1, 0.15) is 23.0 Å². The lowest BCUT2D eigenvalue weighted by molar-refractivity contribution is -0.140. The molecule has 0 radical (unpaired) electrons. The molecule has 0 bridgehead atoms. The molecule has 1 atom stereocenters. The van der Waals surface area contributed by atoms with Crippen LogP contribution in [0.4, 0.5) is 0 Å². The summed E-state index contributed by atoms with van der Waals surface area (Å²) in [6.07, 6.45) is 0. The SMILES string of the molecule is CCOc1ccc(/C(O)=C2/C(=O)C(=O)N(CCN(C)C)C2c2ccc(OC(C)=O)cc2)c(OCC)c1. The van der Waals surface area contributed by atoms with Crippen LogP contribution in [0.15, 0.2) is 48.0 Å². The molecule has 192 valence electrons. The number of ketones is 1. The van der Waals surface area contributed by atoms with E-state index in [-0.39, 0.29) is 23.4 Å². The van der Waals surface area contributed by atoms with Gasteiger partial charge in [-0.25, -0.2) is 0 Å². The molecule has 1 unspecified atom stereocenters. The van der Waals surface area contributed by atoms with Crippen molar-refractivity contribution in [3.05, 3.63) is 59.2 Å². The number of carbonyl (C=O) groups excluding carboxylic acids is 3. The maximum Gasteiger partial charge on any atom is 0.308 e. The Morgan fingerprint density at radius 2 is 1.64 bits per heavy atom. The number of aliphatic hydroxyl groups excluding tert-OH is 1. The topological polar surface area (TPSA) is 106 Å². The normalized spacial score (nSPS) is 16.9. The molecule has 1 saturated heterocycles. The third-order valence-corrected chi connectivity index (χ3v) is 5.60. The second kappa shape index (κ2) is 11.7. The Labute approximate surface area is 210 Å². The van der Waals surface area contributed by atoms with E-state index in [1.165, 1.54) is 11.8 Å². The molecule has 1 amide bonds. The molecule has 3 rings (SSSR count). The molecule has 2 aromatic carbocycles. The van der Waals surface area contributed by atoms with Crippen LogP contribution in [0.5, 0.6) is 17.2 Å². The number of likely N-dealkylation sites (tertiary alicyclic amines) is 1. The van der Waals surface area contributed by atoms with Crippen LogP contribution in [0.25, 0.3) is 5.76 Å². The highest BCUT2D eigenvalue weighted by atomic mass is 16.5. The smallest absolute Gasteiger partial charge is 0.308 e. The largest absolute Gasteiger partial charge is 0.507 e. The van der Waals surface area contributed by atoms with Crippen molar-refractivity contribution in [2.45, 2.75) is 26.8 Å². The van der Waals surface area contributed by atoms with E-state index in [0.717, 1.165) is 0 Å². The number of ether oxygens (including phenoxy) is 3. The van der Waals surface area contributed by atoms with Crippen LogP contribution in [-0.4, -0.2) is 73.0 Å². The van der Waals surface area contributed by atoms with E-state index in [4.69, 9.17) is 14.2 Å². The van der Waals surface area contributed by atoms with Gasteiger partial charge >= 0.3 is 5.97 Å². The Bertz CT molecular complexity index is 1160. The Morgan fingerprint density at radius 3 is 2.22 bits per heavy atom. The van der Waals surface area contributed by atoms with E-state index in [9.17, 15) is 19.5 Å². The molecule has 9 nitrogen and oxygen atoms in total. The minimum atomic E-state index is -0.836. The summed E-state index contributed by atoms with van der Waals surface area (Å²) in [6.45, 7) is 6.54. The minimum Gasteiger partial charge on any atom is -0.507 e. The molecule has 2 aromatic rings. The van der Waals surface area contributed by atoms with Crippen molar-refractivity contribution in [3.8, 4) is 17.2 Å². The third kappa shape index (κ3) is 5.85. The zero-order valence-electron chi connectivity index (χ0n) is 21.2. The van der Waals surface area contributed by atoms with E-state index in [2.05, 4.69) is 0 Å². The first-order valence-corrected chi connectivity index (χ1v) is 11.8. The number of rotatable bonds is 10. The van der Waals surface area contributed by atoms with Gasteiger partial charge in [-0.3, -0.25) is 14.4 Å². The van der Waals surface area contributed by atoms with Crippen LogP contribution >= 0.6 is 0 Å². The standard InChI is InChI=1S/C27H32N2O7/c1-6-34-20-12-13-21(22(16-20)35-7-2)25(31)23-24(18-8-10-19(11-9-18)36-17(3)30)29(15-14-28(4)5)27(33)26(23)32/h8-13,16,24,31H,6-7,14-15H2,1-5H3/b25-23-. The molecule has 1 aliphatic rings. The van der Waals surface area contributed by atoms with E-state index in [0.29, 0.717) is 42.6 Å². The van der Waals surface area contributed by atoms with Gasteiger partial charge in [-0.15, -0.1) is 0 Å². The summed E-state index contributed by atoms with van der Waals surface area (Å²) in [6, 6.07) is 10.6. The van der Waals surface area contributed by atoms with Crippen LogP contribution in [0, 0.1) is 0 Å². The van der Waals surface area contributed by atoms with Crippen molar-refractivity contribution in [3.63, 3.8) is 0 Å². The number of nitrogens with zero attached hydrogens (tertiary/aromatic N) is 2. The quantitative estimate of drug-likeness (QED) is 0.175. The highest BCUT2D eigenvalue weighted by Gasteiger charge is 2.46. The molecule has 1 fully saturated rings. The molecular formula is C27H32N2O7. The van der Waals surface area contributed by atoms with Crippen molar-refractivity contribution in [2.24, 2.45) is 0 Å². The van der Waals surface area contributed by atoms with E-state index >= 15 is 0 Å². The second-order valence-corrected chi connectivity index (χ2v) is 8.48. The fourth-order valence-corrected chi connectivity index (χ4v) is 4.02.